The molecule has 0 saturated carbocycles. The standard InChI is InChI=1S/C22H25FN2O5/c1-21(2,3)22(12-16(26)13-25(22)20(28)29)19(27)24-15-6-10-18(11-7-15)30-17-8-4-14(23)5-9-17/h4-11,16,26H,12-13H2,1-3H3,(H,24,27)(H,28,29)/t16-,22-/m1/s1. The number of hydrogen-bond acceptors (Lipinski definition) is 4. The Morgan fingerprint density at radius 3 is 2.13 bits per heavy atom. The summed E-state index contributed by atoms with van der Waals surface area (Å²) >= 11 is 0. The highest BCUT2D eigenvalue weighted by Crippen LogP contribution is 2.44. The molecule has 0 aromatic heterocycles. The van der Waals surface area contributed by atoms with E-state index in [1.165, 1.54) is 24.3 Å². The van der Waals surface area contributed by atoms with Gasteiger partial charge in [-0.25, -0.2) is 9.18 Å². The Kier molecular flexibility index (Phi) is 5.72. The van der Waals surface area contributed by atoms with Gasteiger partial charge in [0.25, 0.3) is 5.91 Å². The van der Waals surface area contributed by atoms with Crippen LogP contribution in [0.4, 0.5) is 14.9 Å². The average molecular weight is 416 g/mol. The number of carbonyl (C=O) groups is 2. The van der Waals surface area contributed by atoms with E-state index in [0.717, 1.165) is 4.90 Å². The maximum Gasteiger partial charge on any atom is 0.408 e. The SMILES string of the molecule is CC(C)(C)[C@]1(C(=O)Nc2ccc(Oc3ccc(F)cc3)cc2)C[C@@H](O)CN1C(=O)O. The van der Waals surface area contributed by atoms with Gasteiger partial charge in [-0.3, -0.25) is 9.69 Å². The summed E-state index contributed by atoms with van der Waals surface area (Å²) in [7, 11) is 0. The molecule has 2 aromatic rings. The van der Waals surface area contributed by atoms with E-state index >= 15 is 0 Å². The van der Waals surface area contributed by atoms with Crippen molar-refractivity contribution >= 4 is 17.7 Å². The maximum atomic E-state index is 13.3. The molecule has 1 aliphatic heterocycles. The molecule has 1 heterocycles. The third kappa shape index (κ3) is 4.09. The number of nitrogens with one attached hydrogen (secondary N) is 1. The molecule has 1 aliphatic rings. The van der Waals surface area contributed by atoms with Crippen molar-refractivity contribution in [2.75, 3.05) is 11.9 Å². The summed E-state index contributed by atoms with van der Waals surface area (Å²) in [6.07, 6.45) is -2.15. The molecule has 2 atom stereocenters. The van der Waals surface area contributed by atoms with Gasteiger partial charge in [-0.2, -0.15) is 0 Å². The number of aliphatic hydroxyl groups is 1. The van der Waals surface area contributed by atoms with Crippen LogP contribution in [0.1, 0.15) is 27.2 Å². The second-order valence-corrected chi connectivity index (χ2v) is 8.40. The molecule has 0 radical (unpaired) electrons. The van der Waals surface area contributed by atoms with Crippen LogP contribution in [0.15, 0.2) is 48.5 Å². The van der Waals surface area contributed by atoms with Crippen LogP contribution in [0.25, 0.3) is 0 Å². The molecule has 0 aliphatic carbocycles. The first-order chi connectivity index (χ1) is 14.0. The van der Waals surface area contributed by atoms with Crippen molar-refractivity contribution in [3.8, 4) is 11.5 Å². The lowest BCUT2D eigenvalue weighted by atomic mass is 9.70. The Bertz CT molecular complexity index is 924. The fourth-order valence-electron chi connectivity index (χ4n) is 3.87. The fourth-order valence-corrected chi connectivity index (χ4v) is 3.87. The van der Waals surface area contributed by atoms with Crippen LogP contribution in [0.5, 0.6) is 11.5 Å². The number of aliphatic hydroxyl groups excluding tert-OH is 1. The minimum absolute atomic E-state index is 0.0143. The molecule has 0 spiro atoms. The van der Waals surface area contributed by atoms with Gasteiger partial charge in [-0.1, -0.05) is 20.8 Å². The van der Waals surface area contributed by atoms with E-state index in [0.29, 0.717) is 17.2 Å². The first-order valence-electron chi connectivity index (χ1n) is 9.56. The summed E-state index contributed by atoms with van der Waals surface area (Å²) in [6.45, 7) is 5.21. The normalized spacial score (nSPS) is 21.4. The van der Waals surface area contributed by atoms with Gasteiger partial charge in [0.1, 0.15) is 22.9 Å². The zero-order chi connectivity index (χ0) is 22.1. The van der Waals surface area contributed by atoms with Crippen molar-refractivity contribution in [1.29, 1.82) is 0 Å². The molecule has 7 nitrogen and oxygen atoms in total. The average Bonchev–Trinajstić information content (AvgIpc) is 3.04. The molecule has 3 rings (SSSR count). The van der Waals surface area contributed by atoms with E-state index in [4.69, 9.17) is 4.74 Å². The summed E-state index contributed by atoms with van der Waals surface area (Å²) in [5.74, 6) is 0.104. The van der Waals surface area contributed by atoms with E-state index in [2.05, 4.69) is 5.32 Å². The van der Waals surface area contributed by atoms with Crippen LogP contribution in [0, 0.1) is 11.2 Å². The lowest BCUT2D eigenvalue weighted by molar-refractivity contribution is -0.132. The van der Waals surface area contributed by atoms with Crippen LogP contribution in [-0.4, -0.2) is 45.3 Å². The predicted molar refractivity (Wildman–Crippen MR) is 109 cm³/mol. The minimum Gasteiger partial charge on any atom is -0.465 e. The molecular weight excluding hydrogens is 391 g/mol. The molecule has 0 bridgehead atoms. The Hall–Kier alpha value is -3.13. The number of hydrogen-bond donors (Lipinski definition) is 3. The molecule has 2 amide bonds. The third-order valence-electron chi connectivity index (χ3n) is 5.39. The molecule has 8 heteroatoms. The first kappa shape index (κ1) is 21.6. The number of benzene rings is 2. The maximum absolute atomic E-state index is 13.3. The lowest BCUT2D eigenvalue weighted by Crippen LogP contribution is -2.62. The van der Waals surface area contributed by atoms with E-state index in [-0.39, 0.29) is 18.8 Å². The number of β-amino-alcohol motifs (C(OH)–C–C–N with tert-alkyl or cyclic N) is 1. The molecule has 3 N–H and O–H groups in total. The molecule has 160 valence electrons. The smallest absolute Gasteiger partial charge is 0.408 e. The van der Waals surface area contributed by atoms with Gasteiger partial charge >= 0.3 is 6.09 Å². The fraction of sp³-hybridized carbons (Fsp3) is 0.364. The van der Waals surface area contributed by atoms with E-state index in [1.807, 2.05) is 0 Å². The third-order valence-corrected chi connectivity index (χ3v) is 5.39. The summed E-state index contributed by atoms with van der Waals surface area (Å²) in [5, 5.41) is 22.5. The highest BCUT2D eigenvalue weighted by atomic mass is 19.1. The number of likely N-dealkylation sites (tertiary alicyclic amines) is 1. The topological polar surface area (TPSA) is 99.1 Å². The minimum atomic E-state index is -1.42. The summed E-state index contributed by atoms with van der Waals surface area (Å²) in [4.78, 5) is 26.1. The predicted octanol–water partition coefficient (Wildman–Crippen LogP) is 4.09. The van der Waals surface area contributed by atoms with Gasteiger partial charge in [0.15, 0.2) is 0 Å². The number of carboxylic acid groups (broad SMARTS) is 1. The van der Waals surface area contributed by atoms with Crippen molar-refractivity contribution in [3.63, 3.8) is 0 Å². The number of halogens is 1. The lowest BCUT2D eigenvalue weighted by Gasteiger charge is -2.45. The molecule has 2 aromatic carbocycles. The van der Waals surface area contributed by atoms with Crippen LogP contribution in [-0.2, 0) is 4.79 Å². The van der Waals surface area contributed by atoms with Crippen molar-refractivity contribution in [1.82, 2.24) is 4.90 Å². The second kappa shape index (κ2) is 7.95. The van der Waals surface area contributed by atoms with Gasteiger partial charge in [0.2, 0.25) is 0 Å². The number of amides is 2. The Labute approximate surface area is 174 Å². The van der Waals surface area contributed by atoms with Gasteiger partial charge in [-0.05, 0) is 53.9 Å². The summed E-state index contributed by atoms with van der Waals surface area (Å²) in [6, 6.07) is 12.1. The summed E-state index contributed by atoms with van der Waals surface area (Å²) in [5.41, 5.74) is -1.71. The highest BCUT2D eigenvalue weighted by molar-refractivity contribution is 6.01. The van der Waals surface area contributed by atoms with Crippen LogP contribution in [0.3, 0.4) is 0 Å². The molecule has 30 heavy (non-hydrogen) atoms. The van der Waals surface area contributed by atoms with Gasteiger partial charge in [0, 0.05) is 12.1 Å². The van der Waals surface area contributed by atoms with Gasteiger partial charge < -0.3 is 20.3 Å². The zero-order valence-corrected chi connectivity index (χ0v) is 17.1. The van der Waals surface area contributed by atoms with E-state index < -0.39 is 29.1 Å². The Balaban J connectivity index is 1.79. The van der Waals surface area contributed by atoms with Crippen molar-refractivity contribution in [2.24, 2.45) is 5.41 Å². The number of anilines is 1. The van der Waals surface area contributed by atoms with Crippen molar-refractivity contribution in [2.45, 2.75) is 38.8 Å². The number of nitrogens with zero attached hydrogens (tertiary/aromatic N) is 1. The van der Waals surface area contributed by atoms with Crippen LogP contribution >= 0.6 is 0 Å². The monoisotopic (exact) mass is 416 g/mol. The van der Waals surface area contributed by atoms with Crippen LogP contribution in [0.2, 0.25) is 0 Å². The highest BCUT2D eigenvalue weighted by Gasteiger charge is 2.59. The molecule has 1 saturated heterocycles. The molecular formula is C22H25FN2O5. The largest absolute Gasteiger partial charge is 0.465 e. The first-order valence-corrected chi connectivity index (χ1v) is 9.56. The van der Waals surface area contributed by atoms with Crippen molar-refractivity contribution < 1.29 is 28.9 Å². The van der Waals surface area contributed by atoms with E-state index in [9.17, 15) is 24.2 Å². The number of carbonyl (C=O) groups excluding carboxylic acids is 1. The van der Waals surface area contributed by atoms with E-state index in [1.54, 1.807) is 45.0 Å². The quantitative estimate of drug-likeness (QED) is 0.697. The van der Waals surface area contributed by atoms with Gasteiger partial charge in [-0.15, -0.1) is 0 Å². The number of rotatable bonds is 4. The van der Waals surface area contributed by atoms with Gasteiger partial charge in [0.05, 0.1) is 12.6 Å². The Morgan fingerprint density at radius 2 is 1.63 bits per heavy atom. The van der Waals surface area contributed by atoms with Crippen LogP contribution < -0.4 is 10.1 Å². The number of ether oxygens (including phenoxy) is 1. The van der Waals surface area contributed by atoms with Crippen molar-refractivity contribution in [3.05, 3.63) is 54.3 Å². The molecule has 0 unspecified atom stereocenters. The zero-order valence-electron chi connectivity index (χ0n) is 17.1. The second-order valence-electron chi connectivity index (χ2n) is 8.40. The summed E-state index contributed by atoms with van der Waals surface area (Å²) < 4.78 is 18.6. The molecule has 1 fully saturated rings. The Morgan fingerprint density at radius 1 is 1.10 bits per heavy atom.